The third-order valence-corrected chi connectivity index (χ3v) is 6.91. The maximum absolute atomic E-state index is 12.8. The lowest BCUT2D eigenvalue weighted by Crippen LogP contribution is -2.23. The maximum atomic E-state index is 12.8. The van der Waals surface area contributed by atoms with E-state index in [0.717, 1.165) is 29.9 Å². The van der Waals surface area contributed by atoms with Crippen LogP contribution in [0.1, 0.15) is 61.5 Å². The monoisotopic (exact) mass is 422 g/mol. The summed E-state index contributed by atoms with van der Waals surface area (Å²) in [5, 5.41) is 7.37. The summed E-state index contributed by atoms with van der Waals surface area (Å²) in [5.41, 5.74) is 2.47. The van der Waals surface area contributed by atoms with Crippen molar-refractivity contribution in [2.75, 3.05) is 5.32 Å². The van der Waals surface area contributed by atoms with Gasteiger partial charge in [0, 0.05) is 32.9 Å². The summed E-state index contributed by atoms with van der Waals surface area (Å²) in [6, 6.07) is 17.2. The maximum Gasteiger partial charge on any atom is 0.295 e. The first kappa shape index (κ1) is 20.5. The van der Waals surface area contributed by atoms with Gasteiger partial charge >= 0.3 is 0 Å². The third kappa shape index (κ3) is 4.67. The average molecular weight is 423 g/mol. The van der Waals surface area contributed by atoms with Crippen LogP contribution in [0, 0.1) is 0 Å². The van der Waals surface area contributed by atoms with Crippen LogP contribution in [0.25, 0.3) is 5.69 Å². The van der Waals surface area contributed by atoms with E-state index < -0.39 is 10.8 Å². The van der Waals surface area contributed by atoms with E-state index in [-0.39, 0.29) is 16.5 Å². The van der Waals surface area contributed by atoms with Gasteiger partial charge < -0.3 is 5.32 Å². The highest BCUT2D eigenvalue weighted by atomic mass is 32.2. The van der Waals surface area contributed by atoms with Gasteiger partial charge in [-0.2, -0.15) is 0 Å². The van der Waals surface area contributed by atoms with E-state index in [1.54, 1.807) is 4.68 Å². The third-order valence-electron chi connectivity index (χ3n) is 4.94. The lowest BCUT2D eigenvalue weighted by atomic mass is 10.2. The number of hydrogen-bond acceptors (Lipinski definition) is 4. The highest BCUT2D eigenvalue weighted by molar-refractivity contribution is 7.85. The van der Waals surface area contributed by atoms with Crippen LogP contribution in [-0.2, 0) is 16.6 Å². The zero-order valence-electron chi connectivity index (χ0n) is 17.5. The topological polar surface area (TPSA) is 76.9 Å². The second kappa shape index (κ2) is 8.14. The minimum absolute atomic E-state index is 0.157. The minimum Gasteiger partial charge on any atom is -0.319 e. The van der Waals surface area contributed by atoms with Gasteiger partial charge in [0.1, 0.15) is 5.82 Å². The van der Waals surface area contributed by atoms with E-state index in [0.29, 0.717) is 17.4 Å². The van der Waals surface area contributed by atoms with Gasteiger partial charge in [-0.25, -0.2) is 9.67 Å². The van der Waals surface area contributed by atoms with Crippen molar-refractivity contribution < 1.29 is 9.00 Å². The first-order valence-electron chi connectivity index (χ1n) is 10.1. The summed E-state index contributed by atoms with van der Waals surface area (Å²) in [4.78, 5) is 17.4. The van der Waals surface area contributed by atoms with E-state index in [2.05, 4.69) is 15.4 Å². The van der Waals surface area contributed by atoms with Crippen LogP contribution in [0.5, 0.6) is 0 Å². The Hall–Kier alpha value is -2.80. The van der Waals surface area contributed by atoms with Gasteiger partial charge in [0.25, 0.3) is 5.91 Å². The molecule has 1 aromatic heterocycles. The van der Waals surface area contributed by atoms with Gasteiger partial charge in [-0.1, -0.05) is 30.3 Å². The molecule has 1 fully saturated rings. The van der Waals surface area contributed by atoms with Crippen LogP contribution >= 0.6 is 0 Å². The molecule has 6 nitrogen and oxygen atoms in total. The molecule has 1 amide bonds. The molecule has 0 radical (unpaired) electrons. The Kier molecular flexibility index (Phi) is 5.56. The number of amides is 1. The molecular formula is C23H26N4O2S. The molecule has 1 aliphatic carbocycles. The summed E-state index contributed by atoms with van der Waals surface area (Å²) in [6.07, 6.45) is 2.14. The molecule has 1 unspecified atom stereocenters. The van der Waals surface area contributed by atoms with Crippen LogP contribution in [0.4, 0.5) is 5.69 Å². The molecule has 0 saturated heterocycles. The van der Waals surface area contributed by atoms with Crippen molar-refractivity contribution in [3.63, 3.8) is 0 Å². The molecule has 0 bridgehead atoms. The number of rotatable bonds is 6. The summed E-state index contributed by atoms with van der Waals surface area (Å²) in [6.45, 7) is 5.88. The summed E-state index contributed by atoms with van der Waals surface area (Å²) >= 11 is 0. The van der Waals surface area contributed by atoms with Crippen molar-refractivity contribution in [3.8, 4) is 5.69 Å². The number of hydrogen-bond donors (Lipinski definition) is 1. The number of para-hydroxylation sites is 1. The Bertz CT molecular complexity index is 1080. The van der Waals surface area contributed by atoms with Crippen LogP contribution < -0.4 is 5.32 Å². The van der Waals surface area contributed by atoms with Gasteiger partial charge in [0.15, 0.2) is 0 Å². The Morgan fingerprint density at radius 2 is 1.87 bits per heavy atom. The summed E-state index contributed by atoms with van der Waals surface area (Å²) in [7, 11) is -1.01. The quantitative estimate of drug-likeness (QED) is 0.637. The molecule has 156 valence electrons. The van der Waals surface area contributed by atoms with Crippen LogP contribution in [0.15, 0.2) is 54.6 Å². The fourth-order valence-electron chi connectivity index (χ4n) is 3.08. The molecule has 30 heavy (non-hydrogen) atoms. The van der Waals surface area contributed by atoms with Crippen molar-refractivity contribution in [1.29, 1.82) is 0 Å². The zero-order chi connectivity index (χ0) is 21.3. The number of anilines is 1. The van der Waals surface area contributed by atoms with Gasteiger partial charge in [0.2, 0.25) is 5.82 Å². The van der Waals surface area contributed by atoms with Gasteiger partial charge in [-0.05, 0) is 63.4 Å². The number of carbonyl (C=O) groups excluding carboxylic acids is 1. The molecule has 3 aromatic rings. The summed E-state index contributed by atoms with van der Waals surface area (Å²) < 4.78 is 13.9. The standard InChI is InChI=1S/C23H26N4O2S/c1-23(2,3)30(29)15-16-8-7-9-18(14-16)24-22(28)20-25-21(17-12-13-17)27(26-20)19-10-5-4-6-11-19/h4-11,14,17H,12-13,15H2,1-3H3,(H,24,28). The molecule has 1 atom stereocenters. The van der Waals surface area contributed by atoms with Gasteiger partial charge in [-0.15, -0.1) is 5.10 Å². The van der Waals surface area contributed by atoms with Crippen molar-refractivity contribution in [3.05, 3.63) is 71.8 Å². The molecule has 0 spiro atoms. The number of benzene rings is 2. The fraction of sp³-hybridized carbons (Fsp3) is 0.348. The van der Waals surface area contributed by atoms with E-state index in [1.807, 2.05) is 75.4 Å². The second-order valence-corrected chi connectivity index (χ2v) is 10.8. The molecular weight excluding hydrogens is 396 g/mol. The van der Waals surface area contributed by atoms with Crippen molar-refractivity contribution >= 4 is 22.4 Å². The molecule has 1 aliphatic rings. The highest BCUT2D eigenvalue weighted by Crippen LogP contribution is 2.39. The Labute approximate surface area is 179 Å². The van der Waals surface area contributed by atoms with E-state index in [9.17, 15) is 9.00 Å². The number of aromatic nitrogens is 3. The SMILES string of the molecule is CC(C)(C)S(=O)Cc1cccc(NC(=O)c2nc(C3CC3)n(-c3ccccc3)n2)c1. The predicted molar refractivity (Wildman–Crippen MR) is 119 cm³/mol. The molecule has 0 aliphatic heterocycles. The number of carbonyl (C=O) groups is 1. The Morgan fingerprint density at radius 1 is 1.13 bits per heavy atom. The molecule has 4 rings (SSSR count). The molecule has 1 saturated carbocycles. The van der Waals surface area contributed by atoms with E-state index in [4.69, 9.17) is 0 Å². The highest BCUT2D eigenvalue weighted by Gasteiger charge is 2.31. The normalized spacial score (nSPS) is 15.0. The second-order valence-electron chi connectivity index (χ2n) is 8.57. The lowest BCUT2D eigenvalue weighted by Gasteiger charge is -2.17. The molecule has 2 aromatic carbocycles. The predicted octanol–water partition coefficient (Wildman–Crippen LogP) is 4.44. The smallest absolute Gasteiger partial charge is 0.295 e. The van der Waals surface area contributed by atoms with Crippen molar-refractivity contribution in [1.82, 2.24) is 14.8 Å². The Balaban J connectivity index is 1.54. The van der Waals surface area contributed by atoms with E-state index in [1.165, 1.54) is 0 Å². The molecule has 1 N–H and O–H groups in total. The van der Waals surface area contributed by atoms with Crippen LogP contribution in [0.3, 0.4) is 0 Å². The lowest BCUT2D eigenvalue weighted by molar-refractivity contribution is 0.101. The average Bonchev–Trinajstić information content (AvgIpc) is 3.46. The van der Waals surface area contributed by atoms with Gasteiger partial charge in [0.05, 0.1) is 5.69 Å². The summed E-state index contributed by atoms with van der Waals surface area (Å²) in [5.74, 6) is 1.45. The van der Waals surface area contributed by atoms with Crippen LogP contribution in [-0.4, -0.2) is 29.6 Å². The number of nitrogens with one attached hydrogen (secondary N) is 1. The molecule has 1 heterocycles. The first-order chi connectivity index (χ1) is 14.3. The van der Waals surface area contributed by atoms with E-state index >= 15 is 0 Å². The minimum atomic E-state index is -1.01. The van der Waals surface area contributed by atoms with Crippen molar-refractivity contribution in [2.24, 2.45) is 0 Å². The zero-order valence-corrected chi connectivity index (χ0v) is 18.3. The largest absolute Gasteiger partial charge is 0.319 e. The number of nitrogens with zero attached hydrogens (tertiary/aromatic N) is 3. The Morgan fingerprint density at radius 3 is 2.53 bits per heavy atom. The fourth-order valence-corrected chi connectivity index (χ4v) is 3.99. The first-order valence-corrected chi connectivity index (χ1v) is 11.4. The van der Waals surface area contributed by atoms with Crippen LogP contribution in [0.2, 0.25) is 0 Å². The molecule has 7 heteroatoms. The van der Waals surface area contributed by atoms with Gasteiger partial charge in [-0.3, -0.25) is 9.00 Å². The van der Waals surface area contributed by atoms with Crippen molar-refractivity contribution in [2.45, 2.75) is 50.0 Å².